The van der Waals surface area contributed by atoms with Crippen molar-refractivity contribution in [2.75, 3.05) is 25.2 Å². The number of hydrogen-bond acceptors (Lipinski definition) is 5. The molecule has 0 saturated carbocycles. The van der Waals surface area contributed by atoms with Crippen LogP contribution in [0.1, 0.15) is 18.5 Å². The Morgan fingerprint density at radius 3 is 2.81 bits per heavy atom. The first-order valence-electron chi connectivity index (χ1n) is 7.08. The van der Waals surface area contributed by atoms with Crippen LogP contribution in [-0.2, 0) is 4.74 Å². The molecule has 0 N–H and O–H groups in total. The molecular formula is C16H19N3O2. The van der Waals surface area contributed by atoms with E-state index in [1.807, 2.05) is 18.2 Å². The molecule has 0 unspecified atom stereocenters. The Hall–Kier alpha value is -2.14. The third-order valence-corrected chi connectivity index (χ3v) is 3.64. The number of hydrogen-bond donors (Lipinski definition) is 0. The Morgan fingerprint density at radius 1 is 1.24 bits per heavy atom. The van der Waals surface area contributed by atoms with Crippen LogP contribution in [0.5, 0.6) is 5.88 Å². The summed E-state index contributed by atoms with van der Waals surface area (Å²) < 4.78 is 11.0. The molecular weight excluding hydrogens is 266 g/mol. The van der Waals surface area contributed by atoms with Crippen LogP contribution >= 0.6 is 0 Å². The predicted octanol–water partition coefficient (Wildman–Crippen LogP) is 2.45. The van der Waals surface area contributed by atoms with Gasteiger partial charge in [0.2, 0.25) is 11.8 Å². The summed E-state index contributed by atoms with van der Waals surface area (Å²) in [4.78, 5) is 11.0. The molecule has 1 aliphatic rings. The zero-order valence-electron chi connectivity index (χ0n) is 12.3. The Kier molecular flexibility index (Phi) is 4.01. The van der Waals surface area contributed by atoms with Crippen LogP contribution in [0.4, 0.5) is 5.95 Å². The third kappa shape index (κ3) is 2.97. The van der Waals surface area contributed by atoms with Crippen LogP contribution in [-0.4, -0.2) is 36.3 Å². The van der Waals surface area contributed by atoms with Crippen LogP contribution in [0.25, 0.3) is 0 Å². The van der Waals surface area contributed by atoms with Gasteiger partial charge in [-0.15, -0.1) is 0 Å². The molecule has 1 fully saturated rings. The zero-order valence-corrected chi connectivity index (χ0v) is 12.3. The van der Waals surface area contributed by atoms with E-state index in [0.29, 0.717) is 18.4 Å². The summed E-state index contributed by atoms with van der Waals surface area (Å²) in [7, 11) is 1.61. The first-order chi connectivity index (χ1) is 10.3. The molecule has 0 radical (unpaired) electrons. The first kappa shape index (κ1) is 13.8. The van der Waals surface area contributed by atoms with Gasteiger partial charge in [-0.2, -0.15) is 4.98 Å². The highest BCUT2D eigenvalue weighted by atomic mass is 16.5. The Labute approximate surface area is 124 Å². The third-order valence-electron chi connectivity index (χ3n) is 3.64. The van der Waals surface area contributed by atoms with Gasteiger partial charge in [0.25, 0.3) is 0 Å². The number of nitrogens with zero attached hydrogens (tertiary/aromatic N) is 3. The number of aromatic nitrogens is 2. The van der Waals surface area contributed by atoms with Crippen molar-refractivity contribution in [3.8, 4) is 5.88 Å². The largest absolute Gasteiger partial charge is 0.481 e. The van der Waals surface area contributed by atoms with E-state index < -0.39 is 0 Å². The number of benzene rings is 1. The molecule has 0 spiro atoms. The number of methoxy groups -OCH3 is 1. The van der Waals surface area contributed by atoms with Gasteiger partial charge in [-0.25, -0.2) is 4.98 Å². The fraction of sp³-hybridized carbons (Fsp3) is 0.375. The highest BCUT2D eigenvalue weighted by Gasteiger charge is 2.30. The number of anilines is 1. The van der Waals surface area contributed by atoms with Crippen molar-refractivity contribution in [2.45, 2.75) is 19.1 Å². The van der Waals surface area contributed by atoms with Gasteiger partial charge in [-0.05, 0) is 12.5 Å². The molecule has 0 aliphatic carbocycles. The summed E-state index contributed by atoms with van der Waals surface area (Å²) >= 11 is 0. The van der Waals surface area contributed by atoms with Gasteiger partial charge in [0.1, 0.15) is 0 Å². The van der Waals surface area contributed by atoms with Gasteiger partial charge in [0.15, 0.2) is 0 Å². The van der Waals surface area contributed by atoms with Gasteiger partial charge in [0.05, 0.1) is 25.9 Å². The summed E-state index contributed by atoms with van der Waals surface area (Å²) in [6.45, 7) is 3.45. The predicted molar refractivity (Wildman–Crippen MR) is 80.5 cm³/mol. The van der Waals surface area contributed by atoms with Crippen molar-refractivity contribution >= 4 is 5.95 Å². The summed E-state index contributed by atoms with van der Waals surface area (Å²) in [6, 6.07) is 12.2. The van der Waals surface area contributed by atoms with Crippen molar-refractivity contribution in [3.05, 3.63) is 48.2 Å². The van der Waals surface area contributed by atoms with Crippen molar-refractivity contribution in [2.24, 2.45) is 0 Å². The lowest BCUT2D eigenvalue weighted by atomic mass is 10.0. The molecule has 5 heteroatoms. The van der Waals surface area contributed by atoms with E-state index in [9.17, 15) is 0 Å². The van der Waals surface area contributed by atoms with Crippen molar-refractivity contribution in [1.29, 1.82) is 0 Å². The minimum Gasteiger partial charge on any atom is -0.481 e. The molecule has 1 aliphatic heterocycles. The van der Waals surface area contributed by atoms with Gasteiger partial charge in [-0.1, -0.05) is 30.3 Å². The average molecular weight is 285 g/mol. The lowest BCUT2D eigenvalue weighted by molar-refractivity contribution is 0.0295. The van der Waals surface area contributed by atoms with Gasteiger partial charge in [0, 0.05) is 18.8 Å². The Bertz CT molecular complexity index is 591. The summed E-state index contributed by atoms with van der Waals surface area (Å²) in [6.07, 6.45) is 1.88. The van der Waals surface area contributed by atoms with Gasteiger partial charge in [-0.3, -0.25) is 0 Å². The molecule has 1 aromatic carbocycles. The van der Waals surface area contributed by atoms with Gasteiger partial charge < -0.3 is 14.4 Å². The molecule has 110 valence electrons. The molecule has 1 aromatic heterocycles. The molecule has 0 bridgehead atoms. The molecule has 3 rings (SSSR count). The molecule has 21 heavy (non-hydrogen) atoms. The zero-order chi connectivity index (χ0) is 14.7. The van der Waals surface area contributed by atoms with Crippen LogP contribution < -0.4 is 9.64 Å². The monoisotopic (exact) mass is 285 g/mol. The molecule has 5 nitrogen and oxygen atoms in total. The Balaban J connectivity index is 1.94. The lowest BCUT2D eigenvalue weighted by Gasteiger charge is -2.38. The number of morpholine rings is 1. The fourth-order valence-corrected chi connectivity index (χ4v) is 2.56. The fourth-order valence-electron chi connectivity index (χ4n) is 2.56. The topological polar surface area (TPSA) is 47.5 Å². The van der Waals surface area contributed by atoms with Gasteiger partial charge >= 0.3 is 0 Å². The number of rotatable bonds is 3. The van der Waals surface area contributed by atoms with E-state index in [-0.39, 0.29) is 12.1 Å². The summed E-state index contributed by atoms with van der Waals surface area (Å²) in [5.41, 5.74) is 1.20. The second-order valence-corrected chi connectivity index (χ2v) is 5.12. The summed E-state index contributed by atoms with van der Waals surface area (Å²) in [5.74, 6) is 1.25. The van der Waals surface area contributed by atoms with Crippen LogP contribution in [0.15, 0.2) is 42.6 Å². The first-order valence-corrected chi connectivity index (χ1v) is 7.08. The molecule has 0 amide bonds. The lowest BCUT2D eigenvalue weighted by Crippen LogP contribution is -2.44. The van der Waals surface area contributed by atoms with E-state index in [0.717, 1.165) is 6.54 Å². The Morgan fingerprint density at radius 2 is 2.05 bits per heavy atom. The average Bonchev–Trinajstić information content (AvgIpc) is 2.55. The molecule has 2 atom stereocenters. The smallest absolute Gasteiger partial charge is 0.229 e. The van der Waals surface area contributed by atoms with E-state index in [4.69, 9.17) is 9.47 Å². The maximum atomic E-state index is 5.82. The van der Waals surface area contributed by atoms with Crippen LogP contribution in [0.3, 0.4) is 0 Å². The maximum absolute atomic E-state index is 5.82. The standard InChI is InChI=1S/C16H19N3O2/c1-12-10-19(16-17-9-8-15(18-16)20-2)14(11-21-12)13-6-4-3-5-7-13/h3-9,12,14H,10-11H2,1-2H3/t12-,14+/m1/s1. The SMILES string of the molecule is COc1ccnc(N2C[C@@H](C)OC[C@H]2c2ccccc2)n1. The second-order valence-electron chi connectivity index (χ2n) is 5.12. The van der Waals surface area contributed by atoms with Crippen LogP contribution in [0, 0.1) is 0 Å². The number of ether oxygens (including phenoxy) is 2. The quantitative estimate of drug-likeness (QED) is 0.867. The van der Waals surface area contributed by atoms with Crippen LogP contribution in [0.2, 0.25) is 0 Å². The minimum absolute atomic E-state index is 0.120. The van der Waals surface area contributed by atoms with E-state index in [1.54, 1.807) is 19.4 Å². The molecule has 2 heterocycles. The normalized spacial score (nSPS) is 22.1. The second kappa shape index (κ2) is 6.10. The van der Waals surface area contributed by atoms with Crippen molar-refractivity contribution < 1.29 is 9.47 Å². The molecule has 2 aromatic rings. The highest BCUT2D eigenvalue weighted by molar-refractivity contribution is 5.39. The van der Waals surface area contributed by atoms with E-state index in [2.05, 4.69) is 33.9 Å². The maximum Gasteiger partial charge on any atom is 0.229 e. The minimum atomic E-state index is 0.120. The summed E-state index contributed by atoms with van der Waals surface area (Å²) in [5, 5.41) is 0. The van der Waals surface area contributed by atoms with E-state index in [1.165, 1.54) is 5.56 Å². The van der Waals surface area contributed by atoms with Crippen molar-refractivity contribution in [1.82, 2.24) is 9.97 Å². The van der Waals surface area contributed by atoms with Crippen molar-refractivity contribution in [3.63, 3.8) is 0 Å². The molecule has 1 saturated heterocycles. The highest BCUT2D eigenvalue weighted by Crippen LogP contribution is 2.29. The van der Waals surface area contributed by atoms with E-state index >= 15 is 0 Å².